The predicted octanol–water partition coefficient (Wildman–Crippen LogP) is 3.55. The average molecular weight is 346 g/mol. The molecule has 6 heteroatoms. The number of nitrogens with one attached hydrogen (secondary N) is 1. The van der Waals surface area contributed by atoms with Crippen molar-refractivity contribution in [2.24, 2.45) is 0 Å². The normalized spacial score (nSPS) is 17.8. The number of aromatic nitrogens is 1. The zero-order valence-electron chi connectivity index (χ0n) is 13.9. The molecule has 0 aliphatic heterocycles. The Balaban J connectivity index is 1.90. The summed E-state index contributed by atoms with van der Waals surface area (Å²) in [6.45, 7) is 1.75. The minimum atomic E-state index is -2.63. The number of amides is 1. The number of aliphatic hydroxyl groups excluding tert-OH is 1. The second-order valence-corrected chi connectivity index (χ2v) is 6.45. The summed E-state index contributed by atoms with van der Waals surface area (Å²) in [6, 6.07) is 7.28. The first-order chi connectivity index (χ1) is 11.9. The molecule has 1 heterocycles. The van der Waals surface area contributed by atoms with E-state index >= 15 is 0 Å². The molecule has 0 unspecified atom stereocenters. The summed E-state index contributed by atoms with van der Waals surface area (Å²) in [5.41, 5.74) is 2.81. The third kappa shape index (κ3) is 4.02. The number of fused-ring (bicyclic) bond motifs is 1. The minimum Gasteiger partial charge on any atom is -0.392 e. The Morgan fingerprint density at radius 1 is 1.44 bits per heavy atom. The van der Waals surface area contributed by atoms with Gasteiger partial charge < -0.3 is 10.4 Å². The van der Waals surface area contributed by atoms with Crippen molar-refractivity contribution in [3.05, 3.63) is 47.7 Å². The van der Waals surface area contributed by atoms with Gasteiger partial charge in [-0.2, -0.15) is 0 Å². The maximum Gasteiger partial charge on any atom is 0.252 e. The van der Waals surface area contributed by atoms with Gasteiger partial charge in [0.25, 0.3) is 11.8 Å². The van der Waals surface area contributed by atoms with Crippen molar-refractivity contribution in [3.63, 3.8) is 0 Å². The van der Waals surface area contributed by atoms with Gasteiger partial charge in [0.1, 0.15) is 0 Å². The largest absolute Gasteiger partial charge is 0.392 e. The Hall–Kier alpha value is -2.34. The molecule has 1 amide bonds. The molecule has 2 N–H and O–H groups in total. The van der Waals surface area contributed by atoms with Gasteiger partial charge in [-0.3, -0.25) is 9.78 Å². The first kappa shape index (κ1) is 17.5. The summed E-state index contributed by atoms with van der Waals surface area (Å²) in [7, 11) is 0. The van der Waals surface area contributed by atoms with E-state index < -0.39 is 12.0 Å². The number of para-hydroxylation sites is 1. The Bertz CT molecular complexity index is 831. The molecule has 1 aromatic heterocycles. The molecule has 1 atom stereocenters. The Kier molecular flexibility index (Phi) is 4.81. The average Bonchev–Trinajstić information content (AvgIpc) is 2.58. The fraction of sp³-hybridized carbons (Fsp3) is 0.368. The molecule has 2 aromatic rings. The lowest BCUT2D eigenvalue weighted by atomic mass is 9.90. The topological polar surface area (TPSA) is 62.2 Å². The van der Waals surface area contributed by atoms with E-state index in [4.69, 9.17) is 0 Å². The number of hydrogen-bond acceptors (Lipinski definition) is 3. The first-order valence-corrected chi connectivity index (χ1v) is 8.28. The van der Waals surface area contributed by atoms with Crippen LogP contribution in [0.3, 0.4) is 0 Å². The number of benzene rings is 1. The number of rotatable bonds is 4. The van der Waals surface area contributed by atoms with Crippen molar-refractivity contribution in [1.82, 2.24) is 10.3 Å². The number of carbonyl (C=O) groups is 1. The second-order valence-electron chi connectivity index (χ2n) is 6.45. The van der Waals surface area contributed by atoms with Crippen LogP contribution in [0.2, 0.25) is 0 Å². The van der Waals surface area contributed by atoms with Gasteiger partial charge in [0.05, 0.1) is 17.2 Å². The number of halogens is 2. The molecule has 0 saturated carbocycles. The van der Waals surface area contributed by atoms with Crippen LogP contribution in [0.25, 0.3) is 16.5 Å². The highest BCUT2D eigenvalue weighted by molar-refractivity contribution is 5.99. The monoisotopic (exact) mass is 346 g/mol. The summed E-state index contributed by atoms with van der Waals surface area (Å²) in [6.07, 6.45) is 2.34. The van der Waals surface area contributed by atoms with Crippen molar-refractivity contribution in [2.75, 3.05) is 6.54 Å². The van der Waals surface area contributed by atoms with Gasteiger partial charge in [-0.15, -0.1) is 0 Å². The van der Waals surface area contributed by atoms with Crippen LogP contribution in [0.4, 0.5) is 8.78 Å². The van der Waals surface area contributed by atoms with E-state index in [2.05, 4.69) is 10.3 Å². The van der Waals surface area contributed by atoms with Crippen LogP contribution in [0, 0.1) is 0 Å². The third-order valence-electron chi connectivity index (χ3n) is 4.28. The summed E-state index contributed by atoms with van der Waals surface area (Å²) in [5, 5.41) is 12.7. The molecule has 1 aromatic carbocycles. The lowest BCUT2D eigenvalue weighted by Gasteiger charge is -2.22. The lowest BCUT2D eigenvalue weighted by molar-refractivity contribution is -0.00602. The fourth-order valence-electron chi connectivity index (χ4n) is 2.93. The van der Waals surface area contributed by atoms with Crippen molar-refractivity contribution >= 4 is 22.4 Å². The summed E-state index contributed by atoms with van der Waals surface area (Å²) < 4.78 is 26.7. The zero-order valence-corrected chi connectivity index (χ0v) is 13.9. The van der Waals surface area contributed by atoms with E-state index in [1.54, 1.807) is 19.1 Å². The van der Waals surface area contributed by atoms with Gasteiger partial charge in [-0.1, -0.05) is 24.3 Å². The second kappa shape index (κ2) is 6.88. The number of allylic oxidation sites excluding steroid dienone is 2. The van der Waals surface area contributed by atoms with Crippen molar-refractivity contribution < 1.29 is 18.7 Å². The van der Waals surface area contributed by atoms with Gasteiger partial charge >= 0.3 is 0 Å². The van der Waals surface area contributed by atoms with Crippen molar-refractivity contribution in [2.45, 2.75) is 38.2 Å². The number of hydrogen-bond donors (Lipinski definition) is 2. The van der Waals surface area contributed by atoms with Crippen molar-refractivity contribution in [1.29, 1.82) is 0 Å². The van der Waals surface area contributed by atoms with Gasteiger partial charge in [0, 0.05) is 36.5 Å². The van der Waals surface area contributed by atoms with Crippen LogP contribution in [0.15, 0.2) is 36.5 Å². The highest BCUT2D eigenvalue weighted by Crippen LogP contribution is 2.37. The Morgan fingerprint density at radius 2 is 2.24 bits per heavy atom. The molecular formula is C19H20F2N2O2. The van der Waals surface area contributed by atoms with Crippen molar-refractivity contribution in [3.8, 4) is 0 Å². The maximum absolute atomic E-state index is 13.4. The van der Waals surface area contributed by atoms with Crippen LogP contribution < -0.4 is 5.32 Å². The molecule has 0 fully saturated rings. The molecule has 0 saturated heterocycles. The molecule has 0 bridgehead atoms. The molecule has 4 nitrogen and oxygen atoms in total. The lowest BCUT2D eigenvalue weighted by Crippen LogP contribution is -2.30. The Morgan fingerprint density at radius 3 is 2.92 bits per heavy atom. The number of carbonyl (C=O) groups excluding carboxylic acids is 1. The number of pyridine rings is 1. The molecule has 0 radical (unpaired) electrons. The molecule has 25 heavy (non-hydrogen) atoms. The van der Waals surface area contributed by atoms with Gasteiger partial charge in [0.2, 0.25) is 0 Å². The number of aliphatic hydroxyl groups is 1. The van der Waals surface area contributed by atoms with Gasteiger partial charge in [-0.05, 0) is 25.0 Å². The standard InChI is InChI=1S/C19H20F2N2O2/c1-12(24)10-23-18(25)15-9-14-3-2-4-16(17(14)22-11-15)13-5-7-19(20,21)8-6-13/h2-5,9,11-12,24H,6-8,10H2,1H3,(H,23,25)/t12-/m1/s1. The van der Waals surface area contributed by atoms with Crippen LogP contribution in [-0.2, 0) is 0 Å². The summed E-state index contributed by atoms with van der Waals surface area (Å²) >= 11 is 0. The van der Waals surface area contributed by atoms with E-state index in [1.807, 2.05) is 18.2 Å². The smallest absolute Gasteiger partial charge is 0.252 e. The SMILES string of the molecule is C[C@@H](O)CNC(=O)c1cnc2c(C3=CCC(F)(F)CC3)cccc2c1. The van der Waals surface area contributed by atoms with Gasteiger partial charge in [-0.25, -0.2) is 8.78 Å². The zero-order chi connectivity index (χ0) is 18.0. The van der Waals surface area contributed by atoms with Gasteiger partial charge in [0.15, 0.2) is 0 Å². The quantitative estimate of drug-likeness (QED) is 0.890. The minimum absolute atomic E-state index is 0.158. The fourth-order valence-corrected chi connectivity index (χ4v) is 2.93. The van der Waals surface area contributed by atoms with Crippen LogP contribution in [0.1, 0.15) is 42.1 Å². The molecule has 0 spiro atoms. The highest BCUT2D eigenvalue weighted by atomic mass is 19.3. The first-order valence-electron chi connectivity index (χ1n) is 8.28. The van der Waals surface area contributed by atoms with Crippen LogP contribution >= 0.6 is 0 Å². The third-order valence-corrected chi connectivity index (χ3v) is 4.28. The molecule has 1 aliphatic carbocycles. The van der Waals surface area contributed by atoms with E-state index in [0.717, 1.165) is 16.5 Å². The molecule has 3 rings (SSSR count). The summed E-state index contributed by atoms with van der Waals surface area (Å²) in [4.78, 5) is 16.5. The van der Waals surface area contributed by atoms with Crippen LogP contribution in [0.5, 0.6) is 0 Å². The summed E-state index contributed by atoms with van der Waals surface area (Å²) in [5.74, 6) is -2.94. The molecular weight excluding hydrogens is 326 g/mol. The molecule has 132 valence electrons. The highest BCUT2D eigenvalue weighted by Gasteiger charge is 2.31. The maximum atomic E-state index is 13.4. The van der Waals surface area contributed by atoms with E-state index in [9.17, 15) is 18.7 Å². The predicted molar refractivity (Wildman–Crippen MR) is 92.5 cm³/mol. The molecule has 1 aliphatic rings. The van der Waals surface area contributed by atoms with E-state index in [0.29, 0.717) is 17.5 Å². The van der Waals surface area contributed by atoms with E-state index in [-0.39, 0.29) is 25.3 Å². The van der Waals surface area contributed by atoms with E-state index in [1.165, 1.54) is 6.20 Å². The number of nitrogens with zero attached hydrogens (tertiary/aromatic N) is 1. The Labute approximate surface area is 144 Å². The number of alkyl halides is 2. The van der Waals surface area contributed by atoms with Crippen LogP contribution in [-0.4, -0.2) is 34.6 Å².